The summed E-state index contributed by atoms with van der Waals surface area (Å²) in [5, 5.41) is 10.1. The quantitative estimate of drug-likeness (QED) is 0.707. The Morgan fingerprint density at radius 3 is 2.70 bits per heavy atom. The largest absolute Gasteiger partial charge is 0.455 e. The third-order valence-electron chi connectivity index (χ3n) is 4.28. The minimum absolute atomic E-state index is 0.633. The summed E-state index contributed by atoms with van der Waals surface area (Å²) in [4.78, 5) is 2.38. The molecule has 0 saturated carbocycles. The molecule has 0 amide bonds. The molecule has 2 bridgehead atoms. The van der Waals surface area contributed by atoms with Crippen molar-refractivity contribution in [1.82, 2.24) is 4.90 Å². The molecule has 1 fully saturated rings. The Bertz CT molecular complexity index is 761. The van der Waals surface area contributed by atoms with Crippen molar-refractivity contribution >= 4 is 39.1 Å². The monoisotopic (exact) mass is 376 g/mol. The molecular weight excluding hydrogens is 363 g/mol. The van der Waals surface area contributed by atoms with Crippen LogP contribution in [0.15, 0.2) is 28.8 Å². The fourth-order valence-electron chi connectivity index (χ4n) is 3.22. The Morgan fingerprint density at radius 2 is 2.05 bits per heavy atom. The number of halogens is 1. The summed E-state index contributed by atoms with van der Waals surface area (Å²) in [5.41, 5.74) is 2.92. The van der Waals surface area contributed by atoms with Crippen LogP contribution in [-0.4, -0.2) is 18.0 Å². The van der Waals surface area contributed by atoms with Crippen LogP contribution in [0.1, 0.15) is 24.2 Å². The highest BCUT2D eigenvalue weighted by atomic mass is 127. The van der Waals surface area contributed by atoms with Gasteiger partial charge in [0.15, 0.2) is 0 Å². The molecule has 1 aromatic heterocycles. The molecule has 0 aliphatic carbocycles. The lowest BCUT2D eigenvalue weighted by Crippen LogP contribution is -2.35. The van der Waals surface area contributed by atoms with Gasteiger partial charge in [0.05, 0.1) is 15.2 Å². The average Bonchev–Trinajstić information content (AvgIpc) is 2.93. The molecule has 100 valence electrons. The first-order valence-electron chi connectivity index (χ1n) is 6.84. The Hall–Kier alpha value is -1.48. The second-order valence-corrected chi connectivity index (χ2v) is 6.66. The van der Waals surface area contributed by atoms with Gasteiger partial charge in [0.25, 0.3) is 0 Å². The first kappa shape index (κ1) is 12.3. The Balaban J connectivity index is 1.86. The number of fused-ring (bicyclic) bond motifs is 3. The number of hydrogen-bond acceptors (Lipinski definition) is 3. The third kappa shape index (κ3) is 1.84. The van der Waals surface area contributed by atoms with Crippen LogP contribution in [0.25, 0.3) is 16.5 Å². The van der Waals surface area contributed by atoms with Gasteiger partial charge in [-0.25, -0.2) is 0 Å². The lowest BCUT2D eigenvalue weighted by molar-refractivity contribution is 0.250. The molecule has 0 radical (unpaired) electrons. The maximum absolute atomic E-state index is 9.06. The molecule has 4 heteroatoms. The van der Waals surface area contributed by atoms with E-state index in [0.29, 0.717) is 11.5 Å². The standard InChI is InChI=1S/C16H13IN2O/c17-14-6-10(8-18)5-12-7-15(20-16(12)14)13-9-19-3-1-11(13)2-4-19/h5-7,9,11H,1-4H2. The van der Waals surface area contributed by atoms with E-state index in [1.807, 2.05) is 12.1 Å². The highest BCUT2D eigenvalue weighted by Gasteiger charge is 2.29. The van der Waals surface area contributed by atoms with Gasteiger partial charge in [0, 0.05) is 30.2 Å². The third-order valence-corrected chi connectivity index (χ3v) is 5.08. The smallest absolute Gasteiger partial charge is 0.148 e. The topological polar surface area (TPSA) is 40.2 Å². The van der Waals surface area contributed by atoms with E-state index in [1.165, 1.54) is 31.5 Å². The highest BCUT2D eigenvalue weighted by molar-refractivity contribution is 14.1. The van der Waals surface area contributed by atoms with Crippen LogP contribution < -0.4 is 0 Å². The second kappa shape index (κ2) is 4.52. The van der Waals surface area contributed by atoms with Crippen LogP contribution in [0, 0.1) is 20.8 Å². The summed E-state index contributed by atoms with van der Waals surface area (Å²) in [6, 6.07) is 8.08. The lowest BCUT2D eigenvalue weighted by atomic mass is 9.84. The van der Waals surface area contributed by atoms with Crippen LogP contribution in [0.4, 0.5) is 0 Å². The molecule has 0 spiro atoms. The van der Waals surface area contributed by atoms with Crippen molar-refractivity contribution in [3.8, 4) is 6.07 Å². The summed E-state index contributed by atoms with van der Waals surface area (Å²) in [7, 11) is 0. The number of furan rings is 1. The highest BCUT2D eigenvalue weighted by Crippen LogP contribution is 2.39. The predicted octanol–water partition coefficient (Wildman–Crippen LogP) is 3.98. The van der Waals surface area contributed by atoms with E-state index in [4.69, 9.17) is 9.68 Å². The molecule has 3 nitrogen and oxygen atoms in total. The molecule has 20 heavy (non-hydrogen) atoms. The van der Waals surface area contributed by atoms with E-state index in [1.54, 1.807) is 0 Å². The first-order valence-corrected chi connectivity index (χ1v) is 7.92. The molecule has 1 aromatic carbocycles. The van der Waals surface area contributed by atoms with E-state index in [0.717, 1.165) is 20.3 Å². The van der Waals surface area contributed by atoms with Crippen molar-refractivity contribution < 1.29 is 4.42 Å². The van der Waals surface area contributed by atoms with Gasteiger partial charge in [-0.05, 0) is 59.5 Å². The molecule has 3 aliphatic rings. The number of hydrogen-bond donors (Lipinski definition) is 0. The van der Waals surface area contributed by atoms with E-state index in [-0.39, 0.29) is 0 Å². The summed E-state index contributed by atoms with van der Waals surface area (Å²) in [5.74, 6) is 1.61. The van der Waals surface area contributed by atoms with E-state index >= 15 is 0 Å². The van der Waals surface area contributed by atoms with Gasteiger partial charge >= 0.3 is 0 Å². The Labute approximate surface area is 131 Å². The molecule has 2 aromatic rings. The number of piperidine rings is 1. The van der Waals surface area contributed by atoms with E-state index < -0.39 is 0 Å². The zero-order chi connectivity index (χ0) is 13.7. The number of allylic oxidation sites excluding steroid dienone is 1. The fraction of sp³-hybridized carbons (Fsp3) is 0.312. The number of rotatable bonds is 1. The van der Waals surface area contributed by atoms with Crippen molar-refractivity contribution in [2.45, 2.75) is 12.8 Å². The SMILES string of the molecule is N#Cc1cc(I)c2oc(C3=CN4CCC3CC4)cc2c1. The van der Waals surface area contributed by atoms with Crippen LogP contribution in [-0.2, 0) is 0 Å². The van der Waals surface area contributed by atoms with Gasteiger partial charge in [-0.2, -0.15) is 5.26 Å². The van der Waals surface area contributed by atoms with Gasteiger partial charge in [0.1, 0.15) is 11.3 Å². The normalized spacial score (nSPS) is 18.4. The second-order valence-electron chi connectivity index (χ2n) is 5.49. The average molecular weight is 376 g/mol. The Morgan fingerprint density at radius 1 is 1.25 bits per heavy atom. The van der Waals surface area contributed by atoms with Gasteiger partial charge in [-0.3, -0.25) is 0 Å². The minimum atomic E-state index is 0.633. The van der Waals surface area contributed by atoms with E-state index in [2.05, 4.69) is 45.8 Å². The van der Waals surface area contributed by atoms with Gasteiger partial charge in [-0.1, -0.05) is 0 Å². The molecule has 0 N–H and O–H groups in total. The zero-order valence-corrected chi connectivity index (χ0v) is 13.1. The molecule has 1 saturated heterocycles. The van der Waals surface area contributed by atoms with Crippen molar-refractivity contribution in [2.24, 2.45) is 5.92 Å². The van der Waals surface area contributed by atoms with Crippen LogP contribution >= 0.6 is 22.6 Å². The predicted molar refractivity (Wildman–Crippen MR) is 85.9 cm³/mol. The lowest BCUT2D eigenvalue weighted by Gasteiger charge is -2.38. The summed E-state index contributed by atoms with van der Waals surface area (Å²) >= 11 is 2.24. The minimum Gasteiger partial charge on any atom is -0.455 e. The summed E-state index contributed by atoms with van der Waals surface area (Å²) in [6.45, 7) is 2.34. The van der Waals surface area contributed by atoms with Gasteiger partial charge in [0.2, 0.25) is 0 Å². The molecule has 5 rings (SSSR count). The van der Waals surface area contributed by atoms with Crippen LogP contribution in [0.2, 0.25) is 0 Å². The van der Waals surface area contributed by atoms with Crippen molar-refractivity contribution in [3.05, 3.63) is 39.3 Å². The summed E-state index contributed by atoms with van der Waals surface area (Å²) < 4.78 is 7.08. The summed E-state index contributed by atoms with van der Waals surface area (Å²) in [6.07, 6.45) is 4.71. The molecule has 0 atom stereocenters. The van der Waals surface area contributed by atoms with E-state index in [9.17, 15) is 0 Å². The number of nitriles is 1. The van der Waals surface area contributed by atoms with Crippen molar-refractivity contribution in [3.63, 3.8) is 0 Å². The van der Waals surface area contributed by atoms with Crippen molar-refractivity contribution in [2.75, 3.05) is 13.1 Å². The number of benzene rings is 1. The molecule has 3 aliphatic heterocycles. The maximum Gasteiger partial charge on any atom is 0.148 e. The first-order chi connectivity index (χ1) is 9.74. The number of nitrogens with zero attached hydrogens (tertiary/aromatic N) is 2. The van der Waals surface area contributed by atoms with Crippen LogP contribution in [0.3, 0.4) is 0 Å². The molecule has 4 heterocycles. The zero-order valence-electron chi connectivity index (χ0n) is 10.9. The van der Waals surface area contributed by atoms with Crippen molar-refractivity contribution in [1.29, 1.82) is 5.26 Å². The van der Waals surface area contributed by atoms with Gasteiger partial charge < -0.3 is 9.32 Å². The fourth-order valence-corrected chi connectivity index (χ4v) is 3.98. The maximum atomic E-state index is 9.06. The molecule has 0 unspecified atom stereocenters. The molecular formula is C16H13IN2O. The Kier molecular flexibility index (Phi) is 2.77. The van der Waals surface area contributed by atoms with Crippen LogP contribution in [0.5, 0.6) is 0 Å². The van der Waals surface area contributed by atoms with Gasteiger partial charge in [-0.15, -0.1) is 0 Å².